The summed E-state index contributed by atoms with van der Waals surface area (Å²) in [5, 5.41) is 8.84. The summed E-state index contributed by atoms with van der Waals surface area (Å²) in [6.45, 7) is 10.6. The smallest absolute Gasteiger partial charge is 0.406 e. The maximum Gasteiger partial charge on any atom is 0.406 e. The Morgan fingerprint density at radius 2 is 1.91 bits per heavy atom. The Hall–Kier alpha value is -1.38. The van der Waals surface area contributed by atoms with Crippen LogP contribution in [-0.4, -0.2) is 90.9 Å². The van der Waals surface area contributed by atoms with Crippen LogP contribution in [0.15, 0.2) is 11.6 Å². The Labute approximate surface area is 193 Å². The number of hydrogen-bond donors (Lipinski definition) is 1. The molecule has 180 valence electrons. The van der Waals surface area contributed by atoms with Crippen molar-refractivity contribution in [2.75, 3.05) is 39.6 Å². The highest BCUT2D eigenvalue weighted by Gasteiger charge is 2.58. The van der Waals surface area contributed by atoms with Crippen LogP contribution < -0.4 is 0 Å². The zero-order valence-electron chi connectivity index (χ0n) is 20.5. The number of ether oxygens (including phenoxy) is 2. The van der Waals surface area contributed by atoms with E-state index in [9.17, 15) is 9.59 Å². The van der Waals surface area contributed by atoms with E-state index in [1.807, 2.05) is 7.11 Å². The first-order chi connectivity index (χ1) is 15.1. The van der Waals surface area contributed by atoms with Crippen molar-refractivity contribution in [3.63, 3.8) is 0 Å². The van der Waals surface area contributed by atoms with Crippen molar-refractivity contribution in [3.05, 3.63) is 11.6 Å². The Balaban J connectivity index is 0.000000182. The van der Waals surface area contributed by atoms with Crippen molar-refractivity contribution in [2.45, 2.75) is 83.4 Å². The quantitative estimate of drug-likeness (QED) is 0.380. The van der Waals surface area contributed by atoms with Gasteiger partial charge >= 0.3 is 6.09 Å². The van der Waals surface area contributed by atoms with E-state index < -0.39 is 6.09 Å². The zero-order valence-corrected chi connectivity index (χ0v) is 20.5. The molecule has 1 aliphatic carbocycles. The SMILES string of the molecule is CC(=O)CN1CB2CN(C(=O)O)CC2C1.COC1CCCCC1C1(C)OC1CC=C(C)C. The molecule has 32 heavy (non-hydrogen) atoms. The van der Waals surface area contributed by atoms with Gasteiger partial charge in [0.05, 0.1) is 24.4 Å². The molecule has 3 heterocycles. The Kier molecular flexibility index (Phi) is 8.45. The topological polar surface area (TPSA) is 82.6 Å². The molecule has 8 heteroatoms. The lowest BCUT2D eigenvalue weighted by atomic mass is 9.45. The van der Waals surface area contributed by atoms with Crippen LogP contribution in [0.2, 0.25) is 5.82 Å². The number of Topliss-reactive ketones (excluding diaryl/α,β-unsaturated/α-hetero) is 1. The van der Waals surface area contributed by atoms with Crippen molar-refractivity contribution in [2.24, 2.45) is 5.92 Å². The molecular weight excluding hydrogens is 407 g/mol. The van der Waals surface area contributed by atoms with E-state index >= 15 is 0 Å². The summed E-state index contributed by atoms with van der Waals surface area (Å²) < 4.78 is 11.7. The van der Waals surface area contributed by atoms with E-state index in [1.54, 1.807) is 6.92 Å². The minimum atomic E-state index is -0.817. The van der Waals surface area contributed by atoms with Crippen LogP contribution in [0.5, 0.6) is 0 Å². The van der Waals surface area contributed by atoms with E-state index in [2.05, 4.69) is 31.7 Å². The molecule has 0 aromatic heterocycles. The van der Waals surface area contributed by atoms with Gasteiger partial charge in [0.15, 0.2) is 6.71 Å². The van der Waals surface area contributed by atoms with Gasteiger partial charge in [-0.15, -0.1) is 0 Å². The maximum absolute atomic E-state index is 10.9. The predicted molar refractivity (Wildman–Crippen MR) is 126 cm³/mol. The number of rotatable bonds is 6. The molecule has 0 aromatic carbocycles. The maximum atomic E-state index is 10.9. The number of nitrogens with zero attached hydrogens (tertiary/aromatic N) is 2. The molecule has 0 bridgehead atoms. The summed E-state index contributed by atoms with van der Waals surface area (Å²) in [5.74, 6) is 1.21. The van der Waals surface area contributed by atoms with E-state index in [-0.39, 0.29) is 11.4 Å². The fraction of sp³-hybridized carbons (Fsp3) is 0.833. The molecule has 0 radical (unpaired) electrons. The van der Waals surface area contributed by atoms with Crippen LogP contribution in [0.25, 0.3) is 0 Å². The van der Waals surface area contributed by atoms with Crippen LogP contribution in [0.1, 0.15) is 59.8 Å². The molecule has 3 saturated heterocycles. The van der Waals surface area contributed by atoms with Gasteiger partial charge in [-0.25, -0.2) is 4.79 Å². The van der Waals surface area contributed by atoms with Crippen LogP contribution in [-0.2, 0) is 14.3 Å². The van der Waals surface area contributed by atoms with Gasteiger partial charge in [0, 0.05) is 26.0 Å². The molecule has 1 N–H and O–H groups in total. The van der Waals surface area contributed by atoms with Gasteiger partial charge in [0.2, 0.25) is 0 Å². The second-order valence-electron chi connectivity index (χ2n) is 10.6. The number of ketones is 1. The summed E-state index contributed by atoms with van der Waals surface area (Å²) in [6, 6.07) is 0. The molecule has 0 spiro atoms. The van der Waals surface area contributed by atoms with E-state index in [4.69, 9.17) is 14.6 Å². The monoisotopic (exact) mass is 448 g/mol. The molecule has 1 saturated carbocycles. The second-order valence-corrected chi connectivity index (χ2v) is 10.6. The van der Waals surface area contributed by atoms with E-state index in [1.165, 1.54) is 36.2 Å². The van der Waals surface area contributed by atoms with Gasteiger partial charge in [-0.05, 0) is 65.8 Å². The molecule has 0 aromatic rings. The summed E-state index contributed by atoms with van der Waals surface area (Å²) >= 11 is 0. The summed E-state index contributed by atoms with van der Waals surface area (Å²) in [5.41, 5.74) is 1.46. The molecule has 4 fully saturated rings. The number of epoxide rings is 1. The average molecular weight is 448 g/mol. The van der Waals surface area contributed by atoms with Crippen LogP contribution >= 0.6 is 0 Å². The van der Waals surface area contributed by atoms with Gasteiger partial charge in [0.25, 0.3) is 0 Å². The Morgan fingerprint density at radius 3 is 2.50 bits per heavy atom. The van der Waals surface area contributed by atoms with E-state index in [0.29, 0.717) is 50.2 Å². The fourth-order valence-corrected chi connectivity index (χ4v) is 5.95. The molecule has 5 unspecified atom stereocenters. The van der Waals surface area contributed by atoms with E-state index in [0.717, 1.165) is 19.4 Å². The Bertz CT molecular complexity index is 699. The molecule has 1 amide bonds. The predicted octanol–water partition coefficient (Wildman–Crippen LogP) is 3.53. The standard InChI is InChI=1S/C15H26O2.C9H15BN2O3/c1-11(2)9-10-14-15(3,17-14)12-7-5-6-8-13(12)16-4;1-7(13)2-11-3-8-4-12(9(14)15)6-10(8)5-11/h9,12-14H,5-8,10H2,1-4H3;8H,2-6H2,1H3,(H,14,15). The average Bonchev–Trinajstić information content (AvgIpc) is 3.03. The normalized spacial score (nSPS) is 33.9. The number of allylic oxidation sites excluding steroid dienone is 1. The highest BCUT2D eigenvalue weighted by molar-refractivity contribution is 6.63. The third-order valence-electron chi connectivity index (χ3n) is 7.74. The number of hydrogen-bond acceptors (Lipinski definition) is 5. The van der Waals surface area contributed by atoms with Crippen LogP contribution in [0.3, 0.4) is 0 Å². The van der Waals surface area contributed by atoms with Crippen molar-refractivity contribution in [1.29, 1.82) is 0 Å². The minimum absolute atomic E-state index is 0.0764. The molecular formula is C24H41BN2O5. The molecule has 7 nitrogen and oxygen atoms in total. The number of carbonyl (C=O) groups is 2. The van der Waals surface area contributed by atoms with Crippen molar-refractivity contribution >= 4 is 18.6 Å². The van der Waals surface area contributed by atoms with Gasteiger partial charge < -0.3 is 24.4 Å². The Morgan fingerprint density at radius 1 is 1.19 bits per heavy atom. The lowest BCUT2D eigenvalue weighted by molar-refractivity contribution is -0.117. The van der Waals surface area contributed by atoms with Crippen LogP contribution in [0.4, 0.5) is 4.79 Å². The third-order valence-corrected chi connectivity index (χ3v) is 7.74. The fourth-order valence-electron chi connectivity index (χ4n) is 5.95. The highest BCUT2D eigenvalue weighted by atomic mass is 16.6. The summed E-state index contributed by atoms with van der Waals surface area (Å²) in [6.07, 6.45) is 9.97. The molecule has 4 rings (SSSR count). The molecule has 4 aliphatic rings. The number of fused-ring (bicyclic) bond motifs is 1. The molecule has 3 aliphatic heterocycles. The summed E-state index contributed by atoms with van der Waals surface area (Å²) in [7, 11) is 1.85. The van der Waals surface area contributed by atoms with Crippen LogP contribution in [0, 0.1) is 5.92 Å². The molecule has 5 atom stereocenters. The minimum Gasteiger partial charge on any atom is -0.465 e. The highest BCUT2D eigenvalue weighted by Crippen LogP contribution is 2.50. The van der Waals surface area contributed by atoms with Gasteiger partial charge in [-0.3, -0.25) is 4.79 Å². The summed E-state index contributed by atoms with van der Waals surface area (Å²) in [4.78, 5) is 25.3. The van der Waals surface area contributed by atoms with Gasteiger partial charge in [-0.2, -0.15) is 0 Å². The first-order valence-corrected chi connectivity index (χ1v) is 12.2. The number of carboxylic acid groups (broad SMARTS) is 1. The van der Waals surface area contributed by atoms with Crippen molar-refractivity contribution in [1.82, 2.24) is 9.80 Å². The first-order valence-electron chi connectivity index (χ1n) is 12.2. The largest absolute Gasteiger partial charge is 0.465 e. The lowest BCUT2D eigenvalue weighted by Crippen LogP contribution is -2.37. The van der Waals surface area contributed by atoms with Gasteiger partial charge in [-0.1, -0.05) is 24.5 Å². The number of carbonyl (C=O) groups excluding carboxylic acids is 1. The lowest BCUT2D eigenvalue weighted by Gasteiger charge is -2.33. The number of methoxy groups -OCH3 is 1. The second kappa shape index (κ2) is 10.7. The zero-order chi connectivity index (χ0) is 23.5. The first kappa shape index (κ1) is 25.3. The van der Waals surface area contributed by atoms with Gasteiger partial charge in [0.1, 0.15) is 5.78 Å². The van der Waals surface area contributed by atoms with Crippen molar-refractivity contribution in [3.8, 4) is 0 Å². The van der Waals surface area contributed by atoms with Crippen molar-refractivity contribution < 1.29 is 24.2 Å². The third kappa shape index (κ3) is 6.14. The number of amides is 1.